The number of aryl methyl sites for hydroxylation is 1. The molecular formula is C17H15N7O. The second kappa shape index (κ2) is 7.23. The van der Waals surface area contributed by atoms with Crippen LogP contribution in [0.1, 0.15) is 6.42 Å². The maximum atomic E-state index is 11.4. The summed E-state index contributed by atoms with van der Waals surface area (Å²) in [5.74, 6) is 0.136. The number of rotatable bonds is 5. The number of aromatic nitrogens is 4. The van der Waals surface area contributed by atoms with Gasteiger partial charge >= 0.3 is 0 Å². The molecule has 0 spiro atoms. The van der Waals surface area contributed by atoms with Crippen LogP contribution in [-0.2, 0) is 11.8 Å². The van der Waals surface area contributed by atoms with Crippen LogP contribution in [0.4, 0.5) is 17.3 Å². The van der Waals surface area contributed by atoms with Gasteiger partial charge in [0.25, 0.3) is 0 Å². The highest BCUT2D eigenvalue weighted by molar-refractivity contribution is 5.92. The van der Waals surface area contributed by atoms with Gasteiger partial charge in [0.15, 0.2) is 0 Å². The van der Waals surface area contributed by atoms with E-state index in [1.165, 1.54) is 0 Å². The molecule has 8 heteroatoms. The molecule has 0 atom stereocenters. The summed E-state index contributed by atoms with van der Waals surface area (Å²) in [4.78, 5) is 20.1. The summed E-state index contributed by atoms with van der Waals surface area (Å²) in [6.07, 6.45) is 5.02. The third-order valence-corrected chi connectivity index (χ3v) is 3.32. The smallest absolute Gasteiger partial charge is 0.238 e. The molecule has 3 rings (SSSR count). The Hall–Kier alpha value is -3.73. The van der Waals surface area contributed by atoms with Crippen molar-refractivity contribution < 1.29 is 4.79 Å². The molecule has 0 saturated heterocycles. The Kier molecular flexibility index (Phi) is 4.67. The average molecular weight is 333 g/mol. The first-order valence-corrected chi connectivity index (χ1v) is 7.50. The molecule has 0 radical (unpaired) electrons. The lowest BCUT2D eigenvalue weighted by atomic mass is 10.1. The van der Waals surface area contributed by atoms with Gasteiger partial charge in [-0.1, -0.05) is 12.1 Å². The summed E-state index contributed by atoms with van der Waals surface area (Å²) < 4.78 is 1.69. The molecule has 0 aliphatic rings. The van der Waals surface area contributed by atoms with Crippen LogP contribution in [0, 0.1) is 11.3 Å². The molecular weight excluding hydrogens is 318 g/mol. The molecule has 0 aliphatic heterocycles. The maximum Gasteiger partial charge on any atom is 0.238 e. The number of nitrogens with zero attached hydrogens (tertiary/aromatic N) is 5. The fraction of sp³-hybridized carbons (Fsp3) is 0.118. The van der Waals surface area contributed by atoms with Crippen LogP contribution in [-0.4, -0.2) is 25.7 Å². The van der Waals surface area contributed by atoms with Gasteiger partial charge in [-0.2, -0.15) is 10.4 Å². The van der Waals surface area contributed by atoms with E-state index in [9.17, 15) is 4.79 Å². The molecule has 2 aromatic heterocycles. The topological polar surface area (TPSA) is 109 Å². The molecule has 3 aromatic rings. The highest BCUT2D eigenvalue weighted by Gasteiger charge is 2.05. The monoisotopic (exact) mass is 333 g/mol. The van der Waals surface area contributed by atoms with Gasteiger partial charge in [-0.05, 0) is 18.2 Å². The average Bonchev–Trinajstić information content (AvgIpc) is 3.01. The fourth-order valence-electron chi connectivity index (χ4n) is 2.20. The molecule has 8 nitrogen and oxygen atoms in total. The van der Waals surface area contributed by atoms with Gasteiger partial charge in [0.05, 0.1) is 23.6 Å². The van der Waals surface area contributed by atoms with Crippen LogP contribution in [0.25, 0.3) is 11.3 Å². The fourth-order valence-corrected chi connectivity index (χ4v) is 2.20. The highest BCUT2D eigenvalue weighted by Crippen LogP contribution is 2.21. The van der Waals surface area contributed by atoms with Gasteiger partial charge in [0.2, 0.25) is 11.9 Å². The molecule has 0 unspecified atom stereocenters. The van der Waals surface area contributed by atoms with Crippen molar-refractivity contribution in [1.82, 2.24) is 19.7 Å². The van der Waals surface area contributed by atoms with Crippen LogP contribution in [0.2, 0.25) is 0 Å². The second-order valence-corrected chi connectivity index (χ2v) is 5.25. The standard InChI is InChI=1S/C17H15N7O/c1-24-11-14(10-20-24)22-17-19-9-7-15(23-17)12-2-4-13(5-3-12)21-16(25)6-8-18/h2-5,7,9-11H,6H2,1H3,(H,21,25)(H,19,22,23). The van der Waals surface area contributed by atoms with Gasteiger partial charge < -0.3 is 10.6 Å². The van der Waals surface area contributed by atoms with Crippen LogP contribution < -0.4 is 10.6 Å². The van der Waals surface area contributed by atoms with Crippen LogP contribution in [0.15, 0.2) is 48.9 Å². The quantitative estimate of drug-likeness (QED) is 0.742. The zero-order valence-electron chi connectivity index (χ0n) is 13.5. The molecule has 0 fully saturated rings. The van der Waals surface area contributed by atoms with Gasteiger partial charge in [-0.25, -0.2) is 9.97 Å². The van der Waals surface area contributed by atoms with E-state index in [4.69, 9.17) is 5.26 Å². The number of hydrogen-bond donors (Lipinski definition) is 2. The Morgan fingerprint density at radius 2 is 2.04 bits per heavy atom. The summed E-state index contributed by atoms with van der Waals surface area (Å²) in [6.45, 7) is 0. The number of amides is 1. The largest absolute Gasteiger partial charge is 0.325 e. The molecule has 1 aromatic carbocycles. The zero-order chi connectivity index (χ0) is 17.6. The van der Waals surface area contributed by atoms with Crippen LogP contribution in [0.5, 0.6) is 0 Å². The first kappa shape index (κ1) is 16.1. The number of carbonyl (C=O) groups excluding carboxylic acids is 1. The van der Waals surface area contributed by atoms with Crippen molar-refractivity contribution in [2.75, 3.05) is 10.6 Å². The summed E-state index contributed by atoms with van der Waals surface area (Å²) in [7, 11) is 1.83. The summed E-state index contributed by atoms with van der Waals surface area (Å²) in [6, 6.07) is 10.8. The minimum atomic E-state index is -0.333. The Balaban J connectivity index is 1.74. The highest BCUT2D eigenvalue weighted by atomic mass is 16.1. The third-order valence-electron chi connectivity index (χ3n) is 3.32. The van der Waals surface area contributed by atoms with Gasteiger partial charge in [0.1, 0.15) is 6.42 Å². The molecule has 124 valence electrons. The number of anilines is 3. The van der Waals surface area contributed by atoms with E-state index < -0.39 is 0 Å². The number of benzene rings is 1. The van der Waals surface area contributed by atoms with Crippen molar-refractivity contribution in [1.29, 1.82) is 5.26 Å². The van der Waals surface area contributed by atoms with E-state index in [1.54, 1.807) is 35.3 Å². The molecule has 0 bridgehead atoms. The molecule has 0 saturated carbocycles. The SMILES string of the molecule is Cn1cc(Nc2nccc(-c3ccc(NC(=O)CC#N)cc3)n2)cn1. The normalized spacial score (nSPS) is 10.1. The van der Waals surface area contributed by atoms with Crippen molar-refractivity contribution in [3.8, 4) is 17.3 Å². The Bertz CT molecular complexity index is 925. The van der Waals surface area contributed by atoms with Crippen molar-refractivity contribution in [3.63, 3.8) is 0 Å². The van der Waals surface area contributed by atoms with Crippen LogP contribution >= 0.6 is 0 Å². The van der Waals surface area contributed by atoms with E-state index in [1.807, 2.05) is 31.4 Å². The van der Waals surface area contributed by atoms with E-state index in [0.717, 1.165) is 16.9 Å². The third kappa shape index (κ3) is 4.17. The van der Waals surface area contributed by atoms with Crippen molar-refractivity contribution in [2.24, 2.45) is 7.05 Å². The predicted molar refractivity (Wildman–Crippen MR) is 92.8 cm³/mol. The Morgan fingerprint density at radius 1 is 1.24 bits per heavy atom. The maximum absolute atomic E-state index is 11.4. The number of carbonyl (C=O) groups is 1. The molecule has 2 N–H and O–H groups in total. The molecule has 2 heterocycles. The predicted octanol–water partition coefficient (Wildman–Crippen LogP) is 2.47. The van der Waals surface area contributed by atoms with E-state index in [0.29, 0.717) is 11.6 Å². The van der Waals surface area contributed by atoms with Crippen LogP contribution in [0.3, 0.4) is 0 Å². The van der Waals surface area contributed by atoms with Crippen molar-refractivity contribution >= 4 is 23.2 Å². The van der Waals surface area contributed by atoms with E-state index in [-0.39, 0.29) is 12.3 Å². The minimum Gasteiger partial charge on any atom is -0.325 e. The second-order valence-electron chi connectivity index (χ2n) is 5.25. The Morgan fingerprint density at radius 3 is 2.72 bits per heavy atom. The molecule has 1 amide bonds. The van der Waals surface area contributed by atoms with E-state index >= 15 is 0 Å². The zero-order valence-corrected chi connectivity index (χ0v) is 13.5. The molecule has 0 aliphatic carbocycles. The van der Waals surface area contributed by atoms with Gasteiger partial charge in [-0.15, -0.1) is 0 Å². The lowest BCUT2D eigenvalue weighted by molar-refractivity contribution is -0.115. The van der Waals surface area contributed by atoms with Crippen molar-refractivity contribution in [2.45, 2.75) is 6.42 Å². The van der Waals surface area contributed by atoms with Gasteiger partial charge in [-0.3, -0.25) is 9.48 Å². The summed E-state index contributed by atoms with van der Waals surface area (Å²) in [5.41, 5.74) is 3.06. The lowest BCUT2D eigenvalue weighted by Crippen LogP contribution is -2.09. The number of hydrogen-bond acceptors (Lipinski definition) is 6. The summed E-state index contributed by atoms with van der Waals surface area (Å²) in [5, 5.41) is 18.3. The van der Waals surface area contributed by atoms with Gasteiger partial charge in [0, 0.05) is 30.7 Å². The lowest BCUT2D eigenvalue weighted by Gasteiger charge is -2.07. The Labute approximate surface area is 144 Å². The first-order valence-electron chi connectivity index (χ1n) is 7.50. The van der Waals surface area contributed by atoms with E-state index in [2.05, 4.69) is 25.7 Å². The number of nitriles is 1. The van der Waals surface area contributed by atoms with Crippen molar-refractivity contribution in [3.05, 3.63) is 48.9 Å². The minimum absolute atomic E-state index is 0.170. The molecule has 25 heavy (non-hydrogen) atoms. The first-order chi connectivity index (χ1) is 12.1. The number of nitrogens with one attached hydrogen (secondary N) is 2. The summed E-state index contributed by atoms with van der Waals surface area (Å²) >= 11 is 0.